The van der Waals surface area contributed by atoms with E-state index < -0.39 is 0 Å². The zero-order valence-corrected chi connectivity index (χ0v) is 16.6. The Kier molecular flexibility index (Phi) is 7.06. The van der Waals surface area contributed by atoms with Crippen molar-refractivity contribution < 1.29 is 9.21 Å². The van der Waals surface area contributed by atoms with Gasteiger partial charge in [0.25, 0.3) is 0 Å². The van der Waals surface area contributed by atoms with Crippen LogP contribution in [-0.2, 0) is 11.3 Å². The molecule has 0 radical (unpaired) electrons. The Balaban J connectivity index is 1.44. The molecule has 2 aromatic rings. The van der Waals surface area contributed by atoms with Gasteiger partial charge in [0.15, 0.2) is 5.96 Å². The second-order valence-electron chi connectivity index (χ2n) is 7.19. The molecule has 0 bridgehead atoms. The average Bonchev–Trinajstić information content (AvgIpc) is 3.18. The zero-order valence-electron chi connectivity index (χ0n) is 16.6. The van der Waals surface area contributed by atoms with Gasteiger partial charge in [0.05, 0.1) is 18.8 Å². The number of hydrogen-bond acceptors (Lipinski definition) is 4. The van der Waals surface area contributed by atoms with Gasteiger partial charge in [0, 0.05) is 18.7 Å². The number of guanidine groups is 1. The molecule has 1 aromatic heterocycles. The molecular formula is C21H29N5O2. The summed E-state index contributed by atoms with van der Waals surface area (Å²) in [6.45, 7) is 2.70. The van der Waals surface area contributed by atoms with Gasteiger partial charge in [-0.3, -0.25) is 9.79 Å². The van der Waals surface area contributed by atoms with Crippen molar-refractivity contribution in [2.24, 2.45) is 4.99 Å². The van der Waals surface area contributed by atoms with Crippen molar-refractivity contribution in [3.8, 4) is 11.5 Å². The molecule has 1 aliphatic carbocycles. The van der Waals surface area contributed by atoms with E-state index >= 15 is 0 Å². The van der Waals surface area contributed by atoms with Gasteiger partial charge >= 0.3 is 0 Å². The quantitative estimate of drug-likeness (QED) is 0.527. The molecule has 1 heterocycles. The molecule has 1 fully saturated rings. The summed E-state index contributed by atoms with van der Waals surface area (Å²) in [4.78, 5) is 20.8. The molecular weight excluding hydrogens is 354 g/mol. The first-order valence-corrected chi connectivity index (χ1v) is 9.89. The lowest BCUT2D eigenvalue weighted by atomic mass is 9.95. The smallest absolute Gasteiger partial charge is 0.239 e. The molecule has 28 heavy (non-hydrogen) atoms. The number of nitrogens with one attached hydrogen (secondary N) is 3. The first-order chi connectivity index (χ1) is 13.6. The van der Waals surface area contributed by atoms with E-state index in [0.717, 1.165) is 24.1 Å². The van der Waals surface area contributed by atoms with Crippen LogP contribution in [0, 0.1) is 6.92 Å². The molecule has 7 heteroatoms. The van der Waals surface area contributed by atoms with Gasteiger partial charge in [-0.1, -0.05) is 37.0 Å². The third-order valence-electron chi connectivity index (χ3n) is 4.90. The predicted molar refractivity (Wildman–Crippen MR) is 110 cm³/mol. The molecule has 1 aliphatic rings. The Bertz CT molecular complexity index is 791. The molecule has 7 nitrogen and oxygen atoms in total. The van der Waals surface area contributed by atoms with E-state index in [9.17, 15) is 4.79 Å². The Hall–Kier alpha value is -2.83. The fourth-order valence-corrected chi connectivity index (χ4v) is 3.30. The highest BCUT2D eigenvalue weighted by molar-refractivity contribution is 5.86. The van der Waals surface area contributed by atoms with Crippen LogP contribution < -0.4 is 16.0 Å². The van der Waals surface area contributed by atoms with E-state index in [2.05, 4.69) is 25.9 Å². The van der Waals surface area contributed by atoms with Gasteiger partial charge in [0.1, 0.15) is 6.26 Å². The van der Waals surface area contributed by atoms with Crippen LogP contribution in [0.25, 0.3) is 11.5 Å². The largest absolute Gasteiger partial charge is 0.444 e. The maximum atomic E-state index is 12.1. The summed E-state index contributed by atoms with van der Waals surface area (Å²) in [6, 6.07) is 8.35. The molecule has 1 aromatic carbocycles. The minimum atomic E-state index is -0.00190. The summed E-state index contributed by atoms with van der Waals surface area (Å²) in [5.74, 6) is 1.14. The number of benzene rings is 1. The van der Waals surface area contributed by atoms with Crippen molar-refractivity contribution in [3.05, 3.63) is 41.8 Å². The standard InChI is InChI=1S/C21H29N5O2/c1-15-8-10-16(11-9-15)20-26-18(14-28-20)12-23-21(22-2)24-13-19(27)25-17-6-4-3-5-7-17/h8-11,14,17H,3-7,12-13H2,1-2H3,(H,25,27)(H2,22,23,24). The zero-order chi connectivity index (χ0) is 19.8. The predicted octanol–water partition coefficient (Wildman–Crippen LogP) is 2.76. The van der Waals surface area contributed by atoms with Crippen molar-refractivity contribution in [1.29, 1.82) is 0 Å². The van der Waals surface area contributed by atoms with E-state index in [4.69, 9.17) is 4.42 Å². The number of oxazole rings is 1. The van der Waals surface area contributed by atoms with Crippen molar-refractivity contribution in [1.82, 2.24) is 20.9 Å². The lowest BCUT2D eigenvalue weighted by Gasteiger charge is -2.23. The first-order valence-electron chi connectivity index (χ1n) is 9.89. The van der Waals surface area contributed by atoms with Crippen LogP contribution in [0.15, 0.2) is 39.9 Å². The SMILES string of the molecule is CN=C(NCC(=O)NC1CCCCC1)NCc1coc(-c2ccc(C)cc2)n1. The minimum absolute atomic E-state index is 0.00190. The highest BCUT2D eigenvalue weighted by atomic mass is 16.3. The van der Waals surface area contributed by atoms with Crippen molar-refractivity contribution >= 4 is 11.9 Å². The first kappa shape index (κ1) is 19.9. The number of aromatic nitrogens is 1. The van der Waals surface area contributed by atoms with Gasteiger partial charge < -0.3 is 20.4 Å². The molecule has 150 valence electrons. The molecule has 3 rings (SSSR count). The van der Waals surface area contributed by atoms with Crippen LogP contribution in [0.1, 0.15) is 43.4 Å². The number of aryl methyl sites for hydroxylation is 1. The van der Waals surface area contributed by atoms with Gasteiger partial charge in [-0.25, -0.2) is 4.98 Å². The Morgan fingerprint density at radius 2 is 1.93 bits per heavy atom. The van der Waals surface area contributed by atoms with Crippen LogP contribution in [0.5, 0.6) is 0 Å². The van der Waals surface area contributed by atoms with E-state index in [1.807, 2.05) is 31.2 Å². The van der Waals surface area contributed by atoms with E-state index in [1.165, 1.54) is 24.8 Å². The monoisotopic (exact) mass is 383 g/mol. The van der Waals surface area contributed by atoms with Gasteiger partial charge in [0.2, 0.25) is 11.8 Å². The number of amides is 1. The summed E-state index contributed by atoms with van der Waals surface area (Å²) in [5, 5.41) is 9.28. The highest BCUT2D eigenvalue weighted by Gasteiger charge is 2.15. The normalized spacial score (nSPS) is 15.3. The van der Waals surface area contributed by atoms with Crippen molar-refractivity contribution in [3.63, 3.8) is 0 Å². The summed E-state index contributed by atoms with van der Waals surface area (Å²) < 4.78 is 5.56. The number of carbonyl (C=O) groups excluding carboxylic acids is 1. The number of hydrogen-bond donors (Lipinski definition) is 3. The maximum Gasteiger partial charge on any atom is 0.239 e. The Morgan fingerprint density at radius 1 is 1.18 bits per heavy atom. The lowest BCUT2D eigenvalue weighted by Crippen LogP contribution is -2.45. The lowest BCUT2D eigenvalue weighted by molar-refractivity contribution is -0.120. The molecule has 0 spiro atoms. The highest BCUT2D eigenvalue weighted by Crippen LogP contribution is 2.19. The van der Waals surface area contributed by atoms with Gasteiger partial charge in [-0.05, 0) is 31.9 Å². The van der Waals surface area contributed by atoms with Crippen molar-refractivity contribution in [2.75, 3.05) is 13.6 Å². The topological polar surface area (TPSA) is 91.5 Å². The molecule has 0 atom stereocenters. The Labute approximate surface area is 166 Å². The maximum absolute atomic E-state index is 12.1. The van der Waals surface area contributed by atoms with Crippen molar-refractivity contribution in [2.45, 2.75) is 51.6 Å². The van der Waals surface area contributed by atoms with Crippen LogP contribution in [-0.4, -0.2) is 36.5 Å². The van der Waals surface area contributed by atoms with Crippen LogP contribution in [0.3, 0.4) is 0 Å². The molecule has 1 amide bonds. The molecule has 3 N–H and O–H groups in total. The van der Waals surface area contributed by atoms with E-state index in [-0.39, 0.29) is 12.5 Å². The number of carbonyl (C=O) groups is 1. The molecule has 0 aliphatic heterocycles. The molecule has 1 saturated carbocycles. The minimum Gasteiger partial charge on any atom is -0.444 e. The number of aliphatic imine (C=N–C) groups is 1. The van der Waals surface area contributed by atoms with Gasteiger partial charge in [-0.15, -0.1) is 0 Å². The second kappa shape index (κ2) is 9.92. The average molecular weight is 383 g/mol. The van der Waals surface area contributed by atoms with E-state index in [0.29, 0.717) is 24.4 Å². The summed E-state index contributed by atoms with van der Waals surface area (Å²) in [5.41, 5.74) is 2.91. The number of rotatable bonds is 6. The molecule has 0 saturated heterocycles. The number of nitrogens with zero attached hydrogens (tertiary/aromatic N) is 2. The van der Waals surface area contributed by atoms with E-state index in [1.54, 1.807) is 13.3 Å². The molecule has 0 unspecified atom stereocenters. The fourth-order valence-electron chi connectivity index (χ4n) is 3.30. The van der Waals surface area contributed by atoms with Gasteiger partial charge in [-0.2, -0.15) is 0 Å². The third kappa shape index (κ3) is 5.84. The van der Waals surface area contributed by atoms with Crippen LogP contribution in [0.4, 0.5) is 0 Å². The summed E-state index contributed by atoms with van der Waals surface area (Å²) in [6.07, 6.45) is 7.45. The summed E-state index contributed by atoms with van der Waals surface area (Å²) >= 11 is 0. The van der Waals surface area contributed by atoms with Crippen LogP contribution in [0.2, 0.25) is 0 Å². The third-order valence-corrected chi connectivity index (χ3v) is 4.90. The fraction of sp³-hybridized carbons (Fsp3) is 0.476. The van der Waals surface area contributed by atoms with Crippen LogP contribution >= 0.6 is 0 Å². The second-order valence-corrected chi connectivity index (χ2v) is 7.19. The summed E-state index contributed by atoms with van der Waals surface area (Å²) in [7, 11) is 1.68. The Morgan fingerprint density at radius 3 is 2.64 bits per heavy atom.